The third kappa shape index (κ3) is 3.77. The Morgan fingerprint density at radius 3 is 1.55 bits per heavy atom. The van der Waals surface area contributed by atoms with E-state index in [9.17, 15) is 0 Å². The van der Waals surface area contributed by atoms with Gasteiger partial charge in [-0.1, -0.05) is 152 Å². The summed E-state index contributed by atoms with van der Waals surface area (Å²) in [5.41, 5.74) is 15.3. The van der Waals surface area contributed by atoms with Crippen molar-refractivity contribution < 1.29 is 4.74 Å². The summed E-state index contributed by atoms with van der Waals surface area (Å²) in [4.78, 5) is 2.44. The van der Waals surface area contributed by atoms with E-state index < -0.39 is 5.41 Å². The number of ether oxygens (including phenoxy) is 1. The van der Waals surface area contributed by atoms with Crippen molar-refractivity contribution >= 4 is 38.6 Å². The molecular formula is C51H31NO. The summed E-state index contributed by atoms with van der Waals surface area (Å²) in [7, 11) is 0. The van der Waals surface area contributed by atoms with E-state index in [-0.39, 0.29) is 0 Å². The van der Waals surface area contributed by atoms with E-state index >= 15 is 0 Å². The lowest BCUT2D eigenvalue weighted by Crippen LogP contribution is -2.37. The number of fused-ring (bicyclic) bond motifs is 13. The molecule has 0 fully saturated rings. The standard InChI is InChI=1S/C51H31NO/c1-3-16-36-32(12-1)14-9-18-38(36)34-26-28-40-41-29-27-35(39-19-10-15-33-13-2-4-17-37(33)39)31-45(41)51(44(40)30-34)42-20-5-6-22-46(42)52-47-23-7-8-24-48(47)53-49-25-11-21-43(51)50(49)52/h1-31H. The largest absolute Gasteiger partial charge is 0.453 e. The molecule has 1 spiro atoms. The van der Waals surface area contributed by atoms with Crippen LogP contribution in [0.3, 0.4) is 0 Å². The van der Waals surface area contributed by atoms with Crippen molar-refractivity contribution in [3.63, 3.8) is 0 Å². The van der Waals surface area contributed by atoms with Crippen LogP contribution in [0.2, 0.25) is 0 Å². The SMILES string of the molecule is c1ccc2c(c1)Oc1cccc3c1N2c1ccccc1C31c2cc(-c3cccc4ccccc34)ccc2-c2ccc(-c3cccc4ccccc34)cc21. The molecule has 246 valence electrons. The molecule has 2 heteroatoms. The molecule has 0 saturated carbocycles. The number of rotatable bonds is 2. The van der Waals surface area contributed by atoms with Gasteiger partial charge >= 0.3 is 0 Å². The lowest BCUT2D eigenvalue weighted by molar-refractivity contribution is 0.473. The maximum Gasteiger partial charge on any atom is 0.151 e. The molecule has 9 aromatic carbocycles. The van der Waals surface area contributed by atoms with Crippen molar-refractivity contribution in [3.05, 3.63) is 210 Å². The van der Waals surface area contributed by atoms with E-state index in [1.165, 1.54) is 82.9 Å². The van der Waals surface area contributed by atoms with Gasteiger partial charge in [0.05, 0.1) is 22.5 Å². The summed E-state index contributed by atoms with van der Waals surface area (Å²) < 4.78 is 6.76. The summed E-state index contributed by atoms with van der Waals surface area (Å²) in [6.45, 7) is 0. The zero-order valence-corrected chi connectivity index (χ0v) is 28.8. The molecule has 9 aromatic rings. The second-order valence-corrected chi connectivity index (χ2v) is 14.4. The average Bonchev–Trinajstić information content (AvgIpc) is 3.51. The van der Waals surface area contributed by atoms with Crippen molar-refractivity contribution in [3.8, 4) is 44.9 Å². The minimum Gasteiger partial charge on any atom is -0.453 e. The number of para-hydroxylation sites is 4. The third-order valence-corrected chi connectivity index (χ3v) is 11.8. The molecule has 0 bridgehead atoms. The van der Waals surface area contributed by atoms with Crippen molar-refractivity contribution in [1.82, 2.24) is 0 Å². The molecule has 0 atom stereocenters. The first kappa shape index (κ1) is 28.8. The molecule has 0 aromatic heterocycles. The van der Waals surface area contributed by atoms with Gasteiger partial charge in [0.25, 0.3) is 0 Å². The fourth-order valence-corrected chi connectivity index (χ4v) is 9.68. The van der Waals surface area contributed by atoms with E-state index in [0.29, 0.717) is 0 Å². The number of anilines is 3. The third-order valence-electron chi connectivity index (χ3n) is 11.8. The minimum absolute atomic E-state index is 0.611. The Morgan fingerprint density at radius 2 is 0.868 bits per heavy atom. The lowest BCUT2D eigenvalue weighted by atomic mass is 9.64. The topological polar surface area (TPSA) is 12.5 Å². The molecule has 53 heavy (non-hydrogen) atoms. The second kappa shape index (κ2) is 10.6. The fraction of sp³-hybridized carbons (Fsp3) is 0.0196. The van der Waals surface area contributed by atoms with Crippen LogP contribution in [0.5, 0.6) is 11.5 Å². The van der Waals surface area contributed by atoms with E-state index in [2.05, 4.69) is 193 Å². The van der Waals surface area contributed by atoms with E-state index in [0.717, 1.165) is 22.9 Å². The van der Waals surface area contributed by atoms with Crippen molar-refractivity contribution in [1.29, 1.82) is 0 Å². The van der Waals surface area contributed by atoms with E-state index in [1.807, 2.05) is 0 Å². The highest BCUT2D eigenvalue weighted by Gasteiger charge is 2.53. The van der Waals surface area contributed by atoms with Gasteiger partial charge in [0.2, 0.25) is 0 Å². The minimum atomic E-state index is -0.611. The molecule has 0 radical (unpaired) electrons. The molecule has 1 aliphatic carbocycles. The molecule has 2 nitrogen and oxygen atoms in total. The monoisotopic (exact) mass is 673 g/mol. The second-order valence-electron chi connectivity index (χ2n) is 14.4. The van der Waals surface area contributed by atoms with Gasteiger partial charge in [-0.3, -0.25) is 0 Å². The zero-order chi connectivity index (χ0) is 34.7. The highest BCUT2D eigenvalue weighted by molar-refractivity contribution is 6.03. The molecule has 0 N–H and O–H groups in total. The van der Waals surface area contributed by atoms with Crippen LogP contribution < -0.4 is 9.64 Å². The Bertz CT molecular complexity index is 2870. The van der Waals surface area contributed by atoms with Gasteiger partial charge in [0, 0.05) is 0 Å². The number of benzene rings is 9. The van der Waals surface area contributed by atoms with Crippen LogP contribution in [0.4, 0.5) is 17.1 Å². The maximum atomic E-state index is 6.76. The van der Waals surface area contributed by atoms with Crippen LogP contribution in [0, 0.1) is 0 Å². The van der Waals surface area contributed by atoms with Crippen molar-refractivity contribution in [2.45, 2.75) is 5.41 Å². The fourth-order valence-electron chi connectivity index (χ4n) is 9.68. The van der Waals surface area contributed by atoms with E-state index in [1.54, 1.807) is 0 Å². The Kier molecular flexibility index (Phi) is 5.73. The molecule has 0 saturated heterocycles. The predicted molar refractivity (Wildman–Crippen MR) is 218 cm³/mol. The van der Waals surface area contributed by atoms with Crippen LogP contribution in [-0.2, 0) is 5.41 Å². The first-order valence-corrected chi connectivity index (χ1v) is 18.3. The van der Waals surface area contributed by atoms with Gasteiger partial charge < -0.3 is 9.64 Å². The molecule has 0 unspecified atom stereocenters. The Morgan fingerprint density at radius 1 is 0.358 bits per heavy atom. The number of hydrogen-bond acceptors (Lipinski definition) is 2. The zero-order valence-electron chi connectivity index (χ0n) is 28.8. The molecule has 2 heterocycles. The smallest absolute Gasteiger partial charge is 0.151 e. The summed E-state index contributed by atoms with van der Waals surface area (Å²) in [5, 5.41) is 5.01. The Balaban J connectivity index is 1.21. The van der Waals surface area contributed by atoms with Crippen LogP contribution in [-0.4, -0.2) is 0 Å². The lowest BCUT2D eigenvalue weighted by Gasteiger charge is -2.47. The summed E-state index contributed by atoms with van der Waals surface area (Å²) >= 11 is 0. The molecule has 3 aliphatic rings. The molecule has 0 amide bonds. The van der Waals surface area contributed by atoms with Crippen LogP contribution >= 0.6 is 0 Å². The summed E-state index contributed by atoms with van der Waals surface area (Å²) in [5.74, 6) is 1.74. The molecular weight excluding hydrogens is 643 g/mol. The molecule has 2 aliphatic heterocycles. The van der Waals surface area contributed by atoms with Crippen LogP contribution in [0.1, 0.15) is 22.3 Å². The van der Waals surface area contributed by atoms with Gasteiger partial charge in [-0.25, -0.2) is 0 Å². The molecule has 12 rings (SSSR count). The van der Waals surface area contributed by atoms with Crippen molar-refractivity contribution in [2.75, 3.05) is 4.90 Å². The Labute approximate surface area is 307 Å². The van der Waals surface area contributed by atoms with Crippen molar-refractivity contribution in [2.24, 2.45) is 0 Å². The summed E-state index contributed by atoms with van der Waals surface area (Å²) in [6, 6.07) is 69.2. The van der Waals surface area contributed by atoms with Gasteiger partial charge in [-0.15, -0.1) is 0 Å². The summed E-state index contributed by atoms with van der Waals surface area (Å²) in [6.07, 6.45) is 0. The first-order chi connectivity index (χ1) is 26.3. The first-order valence-electron chi connectivity index (χ1n) is 18.3. The van der Waals surface area contributed by atoms with Crippen LogP contribution in [0.25, 0.3) is 54.9 Å². The Hall–Kier alpha value is -6.90. The highest BCUT2D eigenvalue weighted by Crippen LogP contribution is 2.67. The van der Waals surface area contributed by atoms with E-state index in [4.69, 9.17) is 4.74 Å². The van der Waals surface area contributed by atoms with Gasteiger partial charge in [-0.2, -0.15) is 0 Å². The van der Waals surface area contributed by atoms with Crippen LogP contribution in [0.15, 0.2) is 188 Å². The van der Waals surface area contributed by atoms with Gasteiger partial charge in [0.1, 0.15) is 0 Å². The highest BCUT2D eigenvalue weighted by atomic mass is 16.5. The quantitative estimate of drug-likeness (QED) is 0.181. The maximum absolute atomic E-state index is 6.76. The average molecular weight is 674 g/mol. The number of hydrogen-bond donors (Lipinski definition) is 0. The normalized spacial score (nSPS) is 13.9. The predicted octanol–water partition coefficient (Wildman–Crippen LogP) is 13.6. The number of nitrogens with zero attached hydrogens (tertiary/aromatic N) is 1. The van der Waals surface area contributed by atoms with Gasteiger partial charge in [0.15, 0.2) is 11.5 Å². The van der Waals surface area contributed by atoms with Gasteiger partial charge in [-0.05, 0) is 114 Å².